The molecular weight excluding hydrogens is 198 g/mol. The normalized spacial score (nSPS) is 34.8. The first-order chi connectivity index (χ1) is 7.55. The third-order valence-electron chi connectivity index (χ3n) is 3.98. The van der Waals surface area contributed by atoms with Gasteiger partial charge in [0.25, 0.3) is 0 Å². The highest BCUT2D eigenvalue weighted by atomic mass is 16.5. The molecule has 90 valence electrons. The third-order valence-corrected chi connectivity index (χ3v) is 3.98. The topological polar surface area (TPSA) is 12.5 Å². The van der Waals surface area contributed by atoms with Crippen molar-refractivity contribution in [3.05, 3.63) is 0 Å². The number of ether oxygens (including phenoxy) is 1. The van der Waals surface area contributed by atoms with E-state index in [4.69, 9.17) is 11.2 Å². The Labute approximate surface area is 99.3 Å². The highest BCUT2D eigenvalue weighted by Crippen LogP contribution is 2.44. The van der Waals surface area contributed by atoms with Gasteiger partial charge in [0.2, 0.25) is 0 Å². The van der Waals surface area contributed by atoms with Crippen LogP contribution in [0.3, 0.4) is 0 Å². The van der Waals surface area contributed by atoms with Crippen molar-refractivity contribution in [2.45, 2.75) is 45.1 Å². The van der Waals surface area contributed by atoms with Crippen LogP contribution >= 0.6 is 0 Å². The van der Waals surface area contributed by atoms with Crippen LogP contribution < -0.4 is 0 Å². The number of piperidine rings is 1. The first-order valence-corrected chi connectivity index (χ1v) is 6.35. The van der Waals surface area contributed by atoms with Gasteiger partial charge >= 0.3 is 0 Å². The van der Waals surface area contributed by atoms with E-state index in [0.717, 1.165) is 13.2 Å². The van der Waals surface area contributed by atoms with Gasteiger partial charge in [0.05, 0.1) is 12.1 Å². The molecule has 1 atom stereocenters. The minimum absolute atomic E-state index is 0.0530. The molecule has 2 saturated heterocycles. The molecule has 2 aliphatic rings. The molecule has 0 radical (unpaired) electrons. The largest absolute Gasteiger partial charge is 0.376 e. The molecule has 0 N–H and O–H groups in total. The molecule has 0 bridgehead atoms. The van der Waals surface area contributed by atoms with E-state index >= 15 is 0 Å². The molecule has 2 rings (SSSR count). The Morgan fingerprint density at radius 2 is 2.19 bits per heavy atom. The molecule has 1 spiro atoms. The van der Waals surface area contributed by atoms with Crippen molar-refractivity contribution in [3.63, 3.8) is 0 Å². The molecule has 0 saturated carbocycles. The van der Waals surface area contributed by atoms with Crippen molar-refractivity contribution in [3.8, 4) is 12.3 Å². The van der Waals surface area contributed by atoms with E-state index in [1.54, 1.807) is 0 Å². The van der Waals surface area contributed by atoms with Crippen molar-refractivity contribution < 1.29 is 4.74 Å². The van der Waals surface area contributed by atoms with Crippen LogP contribution in [0.4, 0.5) is 0 Å². The fourth-order valence-corrected chi connectivity index (χ4v) is 3.51. The molecule has 0 amide bonds. The van der Waals surface area contributed by atoms with Crippen LogP contribution in [0.2, 0.25) is 0 Å². The van der Waals surface area contributed by atoms with Crippen molar-refractivity contribution in [1.82, 2.24) is 4.90 Å². The molecule has 0 aromatic heterocycles. The van der Waals surface area contributed by atoms with Gasteiger partial charge < -0.3 is 4.74 Å². The fourth-order valence-electron chi connectivity index (χ4n) is 3.51. The molecule has 2 fully saturated rings. The van der Waals surface area contributed by atoms with Crippen LogP contribution in [0.1, 0.15) is 39.5 Å². The van der Waals surface area contributed by atoms with Gasteiger partial charge in [-0.05, 0) is 51.5 Å². The second-order valence-electron chi connectivity index (χ2n) is 6.05. The zero-order valence-corrected chi connectivity index (χ0v) is 10.6. The summed E-state index contributed by atoms with van der Waals surface area (Å²) in [5, 5.41) is 0. The maximum Gasteiger partial charge on any atom is 0.0632 e. The Balaban J connectivity index is 2.04. The van der Waals surface area contributed by atoms with Crippen molar-refractivity contribution in [2.75, 3.05) is 26.2 Å². The standard InChI is InChI=1S/C14H23NO/c1-4-8-15-9-5-6-14(12-15)7-10-16-13(2,3)11-14/h1H,5-12H2,2-3H3/t14-/m1/s1. The van der Waals surface area contributed by atoms with Crippen LogP contribution in [0.5, 0.6) is 0 Å². The Morgan fingerprint density at radius 1 is 1.38 bits per heavy atom. The van der Waals surface area contributed by atoms with Crippen molar-refractivity contribution >= 4 is 0 Å². The van der Waals surface area contributed by atoms with Gasteiger partial charge in [-0.15, -0.1) is 6.42 Å². The zero-order chi connectivity index (χ0) is 11.6. The van der Waals surface area contributed by atoms with Crippen LogP contribution in [-0.2, 0) is 4.74 Å². The van der Waals surface area contributed by atoms with E-state index in [1.807, 2.05) is 0 Å². The molecule has 0 unspecified atom stereocenters. The summed E-state index contributed by atoms with van der Waals surface area (Å²) < 4.78 is 5.83. The highest BCUT2D eigenvalue weighted by Gasteiger charge is 2.42. The van der Waals surface area contributed by atoms with Crippen molar-refractivity contribution in [1.29, 1.82) is 0 Å². The van der Waals surface area contributed by atoms with Crippen LogP contribution in [0.15, 0.2) is 0 Å². The minimum Gasteiger partial charge on any atom is -0.376 e. The van der Waals surface area contributed by atoms with Gasteiger partial charge in [-0.1, -0.05) is 5.92 Å². The van der Waals surface area contributed by atoms with E-state index < -0.39 is 0 Å². The average molecular weight is 221 g/mol. The molecule has 0 aromatic carbocycles. The summed E-state index contributed by atoms with van der Waals surface area (Å²) in [5.74, 6) is 2.77. The Morgan fingerprint density at radius 3 is 2.88 bits per heavy atom. The van der Waals surface area contributed by atoms with E-state index in [2.05, 4.69) is 24.7 Å². The number of rotatable bonds is 1. The maximum atomic E-state index is 5.83. The number of hydrogen-bond donors (Lipinski definition) is 0. The Bertz CT molecular complexity index is 288. The lowest BCUT2D eigenvalue weighted by Crippen LogP contribution is -2.50. The van der Waals surface area contributed by atoms with E-state index in [-0.39, 0.29) is 5.60 Å². The van der Waals surface area contributed by atoms with Gasteiger partial charge in [-0.25, -0.2) is 0 Å². The second kappa shape index (κ2) is 4.39. The van der Waals surface area contributed by atoms with Gasteiger partial charge in [-0.3, -0.25) is 4.90 Å². The summed E-state index contributed by atoms with van der Waals surface area (Å²) in [6.07, 6.45) is 10.4. The lowest BCUT2D eigenvalue weighted by atomic mass is 9.69. The van der Waals surface area contributed by atoms with Crippen LogP contribution in [-0.4, -0.2) is 36.7 Å². The average Bonchev–Trinajstić information content (AvgIpc) is 2.16. The summed E-state index contributed by atoms with van der Waals surface area (Å²) in [6.45, 7) is 8.50. The van der Waals surface area contributed by atoms with Crippen LogP contribution in [0, 0.1) is 17.8 Å². The molecule has 2 aliphatic heterocycles. The Hall–Kier alpha value is -0.520. The minimum atomic E-state index is 0.0530. The van der Waals surface area contributed by atoms with Crippen molar-refractivity contribution in [2.24, 2.45) is 5.41 Å². The predicted octanol–water partition coefficient (Wildman–Crippen LogP) is 2.29. The molecular formula is C14H23NO. The zero-order valence-electron chi connectivity index (χ0n) is 10.6. The maximum absolute atomic E-state index is 5.83. The third kappa shape index (κ3) is 2.59. The number of hydrogen-bond acceptors (Lipinski definition) is 2. The van der Waals surface area contributed by atoms with Gasteiger partial charge in [0.15, 0.2) is 0 Å². The SMILES string of the molecule is C#CCN1CCC[C@]2(CCOC(C)(C)C2)C1. The molecule has 2 heterocycles. The lowest BCUT2D eigenvalue weighted by molar-refractivity contribution is -0.121. The van der Waals surface area contributed by atoms with E-state index in [1.165, 1.54) is 38.8 Å². The molecule has 0 aromatic rings. The number of terminal acetylenes is 1. The molecule has 2 nitrogen and oxygen atoms in total. The summed E-state index contributed by atoms with van der Waals surface area (Å²) in [4.78, 5) is 2.44. The van der Waals surface area contributed by atoms with Gasteiger partial charge in [0.1, 0.15) is 0 Å². The summed E-state index contributed by atoms with van der Waals surface area (Å²) in [5.41, 5.74) is 0.522. The summed E-state index contributed by atoms with van der Waals surface area (Å²) in [6, 6.07) is 0. The van der Waals surface area contributed by atoms with E-state index in [0.29, 0.717) is 5.41 Å². The highest BCUT2D eigenvalue weighted by molar-refractivity contribution is 4.97. The molecule has 0 aliphatic carbocycles. The first kappa shape index (κ1) is 12.0. The quantitative estimate of drug-likeness (QED) is 0.630. The Kier molecular flexibility index (Phi) is 3.28. The molecule has 16 heavy (non-hydrogen) atoms. The van der Waals surface area contributed by atoms with Gasteiger partial charge in [-0.2, -0.15) is 0 Å². The first-order valence-electron chi connectivity index (χ1n) is 6.35. The smallest absolute Gasteiger partial charge is 0.0632 e. The summed E-state index contributed by atoms with van der Waals surface area (Å²) in [7, 11) is 0. The monoisotopic (exact) mass is 221 g/mol. The fraction of sp³-hybridized carbons (Fsp3) is 0.857. The van der Waals surface area contributed by atoms with E-state index in [9.17, 15) is 0 Å². The second-order valence-corrected chi connectivity index (χ2v) is 6.05. The van der Waals surface area contributed by atoms with Crippen LogP contribution in [0.25, 0.3) is 0 Å². The number of nitrogens with zero attached hydrogens (tertiary/aromatic N) is 1. The lowest BCUT2D eigenvalue weighted by Gasteiger charge is -2.49. The van der Waals surface area contributed by atoms with Gasteiger partial charge in [0, 0.05) is 13.2 Å². The number of likely N-dealkylation sites (tertiary alicyclic amines) is 1. The summed E-state index contributed by atoms with van der Waals surface area (Å²) >= 11 is 0. The molecule has 2 heteroatoms. The predicted molar refractivity (Wildman–Crippen MR) is 66.2 cm³/mol.